The van der Waals surface area contributed by atoms with Gasteiger partial charge in [0.2, 0.25) is 5.91 Å². The molecule has 0 aliphatic carbocycles. The van der Waals surface area contributed by atoms with Gasteiger partial charge in [0.25, 0.3) is 0 Å². The average molecular weight is 285 g/mol. The second kappa shape index (κ2) is 5.56. The van der Waals surface area contributed by atoms with Crippen LogP contribution in [0.15, 0.2) is 35.9 Å². The summed E-state index contributed by atoms with van der Waals surface area (Å²) in [6.45, 7) is 0.0511. The number of phenolic OH excluding ortho intramolecular Hbond substituents is 1. The predicted octanol–water partition coefficient (Wildman–Crippen LogP) is 2.66. The van der Waals surface area contributed by atoms with Gasteiger partial charge in [-0.15, -0.1) is 0 Å². The molecule has 3 nitrogen and oxygen atoms in total. The van der Waals surface area contributed by atoms with Crippen LogP contribution in [0.1, 0.15) is 12.0 Å². The molecule has 1 amide bonds. The van der Waals surface area contributed by atoms with Crippen LogP contribution in [-0.2, 0) is 11.2 Å². The first-order valence-corrected chi connectivity index (χ1v) is 6.18. The highest BCUT2D eigenvalue weighted by atomic mass is 19.4. The summed E-state index contributed by atoms with van der Waals surface area (Å²) in [5.74, 6) is -0.179. The van der Waals surface area contributed by atoms with Gasteiger partial charge in [-0.1, -0.05) is 18.2 Å². The third-order valence-electron chi connectivity index (χ3n) is 3.19. The normalized spacial score (nSPS) is 15.9. The number of nitrogens with zero attached hydrogens (tertiary/aromatic N) is 1. The van der Waals surface area contributed by atoms with Crippen LogP contribution < -0.4 is 0 Å². The highest BCUT2D eigenvalue weighted by Crippen LogP contribution is 2.30. The van der Waals surface area contributed by atoms with Crippen LogP contribution in [0, 0.1) is 0 Å². The quantitative estimate of drug-likeness (QED) is 0.849. The van der Waals surface area contributed by atoms with Crippen LogP contribution in [0.4, 0.5) is 13.2 Å². The van der Waals surface area contributed by atoms with E-state index in [4.69, 9.17) is 0 Å². The van der Waals surface area contributed by atoms with Crippen molar-refractivity contribution in [3.63, 3.8) is 0 Å². The van der Waals surface area contributed by atoms with Crippen molar-refractivity contribution in [2.24, 2.45) is 0 Å². The predicted molar refractivity (Wildman–Crippen MR) is 67.1 cm³/mol. The SMILES string of the molecule is O=C(Cc1cccc(O)c1)N1CC=C(C(F)(F)F)CC1. The van der Waals surface area contributed by atoms with Gasteiger partial charge in [-0.2, -0.15) is 13.2 Å². The molecular formula is C14H14F3NO2. The molecule has 1 N–H and O–H groups in total. The van der Waals surface area contributed by atoms with Crippen molar-refractivity contribution in [3.8, 4) is 5.75 Å². The Kier molecular flexibility index (Phi) is 4.01. The Balaban J connectivity index is 1.97. The summed E-state index contributed by atoms with van der Waals surface area (Å²) in [6.07, 6.45) is -3.34. The second-order valence-electron chi connectivity index (χ2n) is 4.66. The third-order valence-corrected chi connectivity index (χ3v) is 3.19. The standard InChI is InChI=1S/C14H14F3NO2/c15-14(16,17)11-4-6-18(7-5-11)13(20)9-10-2-1-3-12(19)8-10/h1-4,8,19H,5-7,9H2. The lowest BCUT2D eigenvalue weighted by molar-refractivity contribution is -0.131. The largest absolute Gasteiger partial charge is 0.508 e. The topological polar surface area (TPSA) is 40.5 Å². The molecule has 108 valence electrons. The fourth-order valence-electron chi connectivity index (χ4n) is 2.11. The van der Waals surface area contributed by atoms with Gasteiger partial charge in [0.1, 0.15) is 5.75 Å². The minimum Gasteiger partial charge on any atom is -0.508 e. The molecule has 1 aliphatic rings. The van der Waals surface area contributed by atoms with E-state index in [1.807, 2.05) is 0 Å². The van der Waals surface area contributed by atoms with E-state index >= 15 is 0 Å². The van der Waals surface area contributed by atoms with E-state index in [0.29, 0.717) is 5.56 Å². The Labute approximate surface area is 114 Å². The lowest BCUT2D eigenvalue weighted by Crippen LogP contribution is -2.37. The number of carbonyl (C=O) groups is 1. The van der Waals surface area contributed by atoms with Crippen molar-refractivity contribution in [1.29, 1.82) is 0 Å². The van der Waals surface area contributed by atoms with E-state index in [1.54, 1.807) is 12.1 Å². The van der Waals surface area contributed by atoms with Crippen molar-refractivity contribution in [2.45, 2.75) is 19.0 Å². The number of rotatable bonds is 2. The molecule has 0 unspecified atom stereocenters. The summed E-state index contributed by atoms with van der Waals surface area (Å²) in [6, 6.07) is 6.28. The van der Waals surface area contributed by atoms with Crippen LogP contribution in [0.3, 0.4) is 0 Å². The smallest absolute Gasteiger partial charge is 0.412 e. The highest BCUT2D eigenvalue weighted by Gasteiger charge is 2.35. The molecule has 0 atom stereocenters. The summed E-state index contributed by atoms with van der Waals surface area (Å²) in [5, 5.41) is 9.30. The first-order chi connectivity index (χ1) is 9.36. The summed E-state index contributed by atoms with van der Waals surface area (Å²) in [4.78, 5) is 13.4. The molecule has 0 saturated heterocycles. The molecule has 1 aliphatic heterocycles. The monoisotopic (exact) mass is 285 g/mol. The molecule has 20 heavy (non-hydrogen) atoms. The number of carbonyl (C=O) groups excluding carboxylic acids is 1. The molecule has 0 bridgehead atoms. The molecule has 0 saturated carbocycles. The fourth-order valence-corrected chi connectivity index (χ4v) is 2.11. The second-order valence-corrected chi connectivity index (χ2v) is 4.66. The van der Waals surface area contributed by atoms with Gasteiger partial charge in [0, 0.05) is 18.7 Å². The Morgan fingerprint density at radius 1 is 1.35 bits per heavy atom. The van der Waals surface area contributed by atoms with Crippen LogP contribution in [0.5, 0.6) is 5.75 Å². The first-order valence-electron chi connectivity index (χ1n) is 6.18. The lowest BCUT2D eigenvalue weighted by atomic mass is 10.1. The first kappa shape index (κ1) is 14.4. The molecule has 1 heterocycles. The summed E-state index contributed by atoms with van der Waals surface area (Å²) in [5.41, 5.74) is 0.0690. The maximum absolute atomic E-state index is 12.5. The zero-order valence-electron chi connectivity index (χ0n) is 10.7. The number of halogens is 3. The molecular weight excluding hydrogens is 271 g/mol. The number of hydrogen-bond acceptors (Lipinski definition) is 2. The van der Waals surface area contributed by atoms with Gasteiger partial charge in [-0.25, -0.2) is 0 Å². The van der Waals surface area contributed by atoms with Gasteiger partial charge in [-0.05, 0) is 24.1 Å². The summed E-state index contributed by atoms with van der Waals surface area (Å²) >= 11 is 0. The van der Waals surface area contributed by atoms with Crippen molar-refractivity contribution in [3.05, 3.63) is 41.5 Å². The van der Waals surface area contributed by atoms with Gasteiger partial charge in [-0.3, -0.25) is 4.79 Å². The highest BCUT2D eigenvalue weighted by molar-refractivity contribution is 5.79. The van der Waals surface area contributed by atoms with Crippen molar-refractivity contribution in [1.82, 2.24) is 4.90 Å². The number of benzene rings is 1. The fraction of sp³-hybridized carbons (Fsp3) is 0.357. The zero-order chi connectivity index (χ0) is 14.8. The van der Waals surface area contributed by atoms with E-state index in [1.165, 1.54) is 17.0 Å². The molecule has 0 aromatic heterocycles. The lowest BCUT2D eigenvalue weighted by Gasteiger charge is -2.27. The third kappa shape index (κ3) is 3.53. The number of amides is 1. The van der Waals surface area contributed by atoms with Crippen LogP contribution >= 0.6 is 0 Å². The van der Waals surface area contributed by atoms with E-state index in [2.05, 4.69) is 0 Å². The molecule has 2 rings (SSSR count). The maximum atomic E-state index is 12.5. The van der Waals surface area contributed by atoms with Crippen LogP contribution in [0.2, 0.25) is 0 Å². The number of phenols is 1. The number of hydrogen-bond donors (Lipinski definition) is 1. The minimum atomic E-state index is -4.31. The van der Waals surface area contributed by atoms with Gasteiger partial charge < -0.3 is 10.0 Å². The number of alkyl halides is 3. The van der Waals surface area contributed by atoms with Crippen LogP contribution in [0.25, 0.3) is 0 Å². The molecule has 6 heteroatoms. The molecule has 1 aromatic rings. The van der Waals surface area contributed by atoms with Crippen molar-refractivity contribution in [2.75, 3.05) is 13.1 Å². The van der Waals surface area contributed by atoms with Crippen LogP contribution in [-0.4, -0.2) is 35.2 Å². The molecule has 1 aromatic carbocycles. The Morgan fingerprint density at radius 2 is 2.10 bits per heavy atom. The molecule has 0 fully saturated rings. The van der Waals surface area contributed by atoms with Crippen molar-refractivity contribution < 1.29 is 23.1 Å². The summed E-state index contributed by atoms with van der Waals surface area (Å²) < 4.78 is 37.4. The average Bonchev–Trinajstić information content (AvgIpc) is 2.38. The molecule has 0 spiro atoms. The zero-order valence-corrected chi connectivity index (χ0v) is 10.7. The Morgan fingerprint density at radius 3 is 2.65 bits per heavy atom. The van der Waals surface area contributed by atoms with E-state index < -0.39 is 11.7 Å². The van der Waals surface area contributed by atoms with E-state index in [0.717, 1.165) is 6.08 Å². The Hall–Kier alpha value is -1.98. The van der Waals surface area contributed by atoms with Gasteiger partial charge in [0.15, 0.2) is 0 Å². The minimum absolute atomic E-state index is 0.0213. The van der Waals surface area contributed by atoms with E-state index in [-0.39, 0.29) is 37.6 Å². The number of aromatic hydroxyl groups is 1. The van der Waals surface area contributed by atoms with Gasteiger partial charge >= 0.3 is 6.18 Å². The summed E-state index contributed by atoms with van der Waals surface area (Å²) in [7, 11) is 0. The van der Waals surface area contributed by atoms with E-state index in [9.17, 15) is 23.1 Å². The maximum Gasteiger partial charge on any atom is 0.412 e. The van der Waals surface area contributed by atoms with Gasteiger partial charge in [0.05, 0.1) is 6.42 Å². The molecule has 0 radical (unpaired) electrons. The van der Waals surface area contributed by atoms with Crippen molar-refractivity contribution >= 4 is 5.91 Å². The Bertz CT molecular complexity index is 537.